The summed E-state index contributed by atoms with van der Waals surface area (Å²) in [5, 5.41) is 18.8. The zero-order valence-electron chi connectivity index (χ0n) is 7.39. The highest BCUT2D eigenvalue weighted by atomic mass is 35.5. The van der Waals surface area contributed by atoms with Crippen molar-refractivity contribution in [3.05, 3.63) is 28.0 Å². The van der Waals surface area contributed by atoms with E-state index < -0.39 is 18.1 Å². The summed E-state index contributed by atoms with van der Waals surface area (Å²) >= 11 is 11.2. The zero-order chi connectivity index (χ0) is 11.6. The topological polar surface area (TPSA) is 96.4 Å². The van der Waals surface area contributed by atoms with E-state index in [1.807, 2.05) is 0 Å². The average molecular weight is 251 g/mol. The van der Waals surface area contributed by atoms with Gasteiger partial charge in [0.05, 0.1) is 5.02 Å². The monoisotopic (exact) mass is 250 g/mol. The van der Waals surface area contributed by atoms with E-state index >= 15 is 0 Å². The summed E-state index contributed by atoms with van der Waals surface area (Å²) in [7, 11) is 0. The van der Waals surface area contributed by atoms with Crippen LogP contribution >= 0.6 is 23.2 Å². The molecular weight excluding hydrogens is 243 g/mol. The smallest absolute Gasteiger partial charge is 0.249 e. The number of rotatable bonds is 3. The molecule has 0 aliphatic heterocycles. The first-order valence-electron chi connectivity index (χ1n) is 3.90. The van der Waals surface area contributed by atoms with Gasteiger partial charge in [-0.25, -0.2) is 4.98 Å². The minimum absolute atomic E-state index is 0.0705. The highest BCUT2D eigenvalue weighted by molar-refractivity contribution is 6.41. The van der Waals surface area contributed by atoms with Crippen LogP contribution in [0.2, 0.25) is 10.2 Å². The van der Waals surface area contributed by atoms with Crippen molar-refractivity contribution in [2.45, 2.75) is 12.2 Å². The van der Waals surface area contributed by atoms with Crippen molar-refractivity contribution in [1.82, 2.24) is 4.98 Å². The molecule has 1 aromatic heterocycles. The quantitative estimate of drug-likeness (QED) is 0.671. The third-order valence-electron chi connectivity index (χ3n) is 1.75. The SMILES string of the molecule is NC(=O)C(O)C(O)c1cnc(Cl)c(Cl)c1. The maximum Gasteiger partial charge on any atom is 0.249 e. The maximum atomic E-state index is 10.6. The Kier molecular flexibility index (Phi) is 3.87. The Balaban J connectivity index is 2.96. The maximum absolute atomic E-state index is 10.6. The number of hydrogen-bond acceptors (Lipinski definition) is 4. The van der Waals surface area contributed by atoms with Crippen LogP contribution in [-0.4, -0.2) is 27.2 Å². The van der Waals surface area contributed by atoms with Gasteiger partial charge < -0.3 is 15.9 Å². The Bertz CT molecular complexity index is 386. The molecule has 1 amide bonds. The minimum Gasteiger partial charge on any atom is -0.385 e. The number of carbonyl (C=O) groups is 1. The molecular formula is C8H8Cl2N2O3. The summed E-state index contributed by atoms with van der Waals surface area (Å²) in [5.74, 6) is -1.03. The number of halogens is 2. The first kappa shape index (κ1) is 12.2. The van der Waals surface area contributed by atoms with Crippen LogP contribution in [0.25, 0.3) is 0 Å². The van der Waals surface area contributed by atoms with E-state index in [-0.39, 0.29) is 15.7 Å². The summed E-state index contributed by atoms with van der Waals surface area (Å²) in [6, 6.07) is 1.30. The molecule has 1 rings (SSSR count). The molecule has 15 heavy (non-hydrogen) atoms. The number of aliphatic hydroxyl groups excluding tert-OH is 2. The van der Waals surface area contributed by atoms with Gasteiger partial charge in [-0.3, -0.25) is 4.79 Å². The van der Waals surface area contributed by atoms with Crippen molar-refractivity contribution in [2.24, 2.45) is 5.73 Å². The van der Waals surface area contributed by atoms with Gasteiger partial charge >= 0.3 is 0 Å². The van der Waals surface area contributed by atoms with Gasteiger partial charge in [0.2, 0.25) is 5.91 Å². The van der Waals surface area contributed by atoms with E-state index in [2.05, 4.69) is 4.98 Å². The molecule has 5 nitrogen and oxygen atoms in total. The fourth-order valence-corrected chi connectivity index (χ4v) is 1.21. The van der Waals surface area contributed by atoms with Gasteiger partial charge in [0.1, 0.15) is 11.3 Å². The van der Waals surface area contributed by atoms with Gasteiger partial charge in [-0.15, -0.1) is 0 Å². The standard InChI is InChI=1S/C8H8Cl2N2O3/c9-4-1-3(2-12-7(4)10)5(13)6(14)8(11)15/h1-2,5-6,13-14H,(H2,11,15). The second-order valence-electron chi connectivity index (χ2n) is 2.83. The molecule has 82 valence electrons. The molecule has 0 fully saturated rings. The van der Waals surface area contributed by atoms with Crippen LogP contribution in [0.5, 0.6) is 0 Å². The van der Waals surface area contributed by atoms with Crippen LogP contribution in [0.1, 0.15) is 11.7 Å². The predicted octanol–water partition coefficient (Wildman–Crippen LogP) is 0.268. The summed E-state index contributed by atoms with van der Waals surface area (Å²) < 4.78 is 0. The lowest BCUT2D eigenvalue weighted by molar-refractivity contribution is -0.131. The number of primary amides is 1. The van der Waals surface area contributed by atoms with Crippen LogP contribution in [0.3, 0.4) is 0 Å². The summed E-state index contributed by atoms with van der Waals surface area (Å²) in [4.78, 5) is 14.3. The normalized spacial score (nSPS) is 14.7. The number of hydrogen-bond donors (Lipinski definition) is 3. The molecule has 0 radical (unpaired) electrons. The Hall–Kier alpha value is -0.880. The highest BCUT2D eigenvalue weighted by Gasteiger charge is 2.24. The molecule has 1 heterocycles. The second-order valence-corrected chi connectivity index (χ2v) is 3.60. The third-order valence-corrected chi connectivity index (χ3v) is 2.44. The molecule has 2 atom stereocenters. The van der Waals surface area contributed by atoms with Gasteiger partial charge in [-0.05, 0) is 6.07 Å². The van der Waals surface area contributed by atoms with Gasteiger partial charge in [0.15, 0.2) is 6.10 Å². The molecule has 0 aliphatic rings. The number of aliphatic hydroxyl groups is 2. The zero-order valence-corrected chi connectivity index (χ0v) is 8.90. The first-order chi connectivity index (χ1) is 6.93. The van der Waals surface area contributed by atoms with E-state index in [1.54, 1.807) is 0 Å². The number of nitrogens with two attached hydrogens (primary N) is 1. The van der Waals surface area contributed by atoms with Crippen LogP contribution in [0, 0.1) is 0 Å². The lowest BCUT2D eigenvalue weighted by Crippen LogP contribution is -2.33. The Morgan fingerprint density at radius 3 is 2.53 bits per heavy atom. The molecule has 1 aromatic rings. The molecule has 2 unspecified atom stereocenters. The lowest BCUT2D eigenvalue weighted by atomic mass is 10.1. The Morgan fingerprint density at radius 1 is 1.47 bits per heavy atom. The van der Waals surface area contributed by atoms with Crippen molar-refractivity contribution >= 4 is 29.1 Å². The van der Waals surface area contributed by atoms with E-state index in [1.165, 1.54) is 12.3 Å². The number of nitrogens with zero attached hydrogens (tertiary/aromatic N) is 1. The molecule has 0 bridgehead atoms. The van der Waals surface area contributed by atoms with Crippen molar-refractivity contribution in [3.63, 3.8) is 0 Å². The van der Waals surface area contributed by atoms with E-state index in [9.17, 15) is 15.0 Å². The average Bonchev–Trinajstić information content (AvgIpc) is 2.19. The largest absolute Gasteiger partial charge is 0.385 e. The minimum atomic E-state index is -1.70. The van der Waals surface area contributed by atoms with Crippen molar-refractivity contribution in [1.29, 1.82) is 0 Å². The van der Waals surface area contributed by atoms with Gasteiger partial charge in [-0.1, -0.05) is 23.2 Å². The van der Waals surface area contributed by atoms with E-state index in [4.69, 9.17) is 28.9 Å². The van der Waals surface area contributed by atoms with Crippen LogP contribution in [-0.2, 0) is 4.79 Å². The third kappa shape index (κ3) is 2.79. The summed E-state index contributed by atoms with van der Waals surface area (Å²) in [5.41, 5.74) is 4.98. The van der Waals surface area contributed by atoms with Crippen molar-refractivity contribution in [3.8, 4) is 0 Å². The van der Waals surface area contributed by atoms with Crippen molar-refractivity contribution in [2.75, 3.05) is 0 Å². The fourth-order valence-electron chi connectivity index (χ4n) is 0.936. The van der Waals surface area contributed by atoms with Gasteiger partial charge in [0.25, 0.3) is 0 Å². The highest BCUT2D eigenvalue weighted by Crippen LogP contribution is 2.24. The number of pyridine rings is 1. The first-order valence-corrected chi connectivity index (χ1v) is 4.65. The summed E-state index contributed by atoms with van der Waals surface area (Å²) in [6.45, 7) is 0. The molecule has 0 saturated heterocycles. The number of aromatic nitrogens is 1. The fraction of sp³-hybridized carbons (Fsp3) is 0.250. The van der Waals surface area contributed by atoms with Crippen LogP contribution in [0.4, 0.5) is 0 Å². The molecule has 7 heteroatoms. The van der Waals surface area contributed by atoms with E-state index in [0.717, 1.165) is 0 Å². The molecule has 4 N–H and O–H groups in total. The molecule has 0 spiro atoms. The predicted molar refractivity (Wildman–Crippen MR) is 54.4 cm³/mol. The Labute approximate surface area is 95.4 Å². The molecule has 0 aliphatic carbocycles. The van der Waals surface area contributed by atoms with Crippen molar-refractivity contribution < 1.29 is 15.0 Å². The van der Waals surface area contributed by atoms with Crippen LogP contribution < -0.4 is 5.73 Å². The van der Waals surface area contributed by atoms with Gasteiger partial charge in [0, 0.05) is 11.8 Å². The van der Waals surface area contributed by atoms with Crippen LogP contribution in [0.15, 0.2) is 12.3 Å². The number of carbonyl (C=O) groups excluding carboxylic acids is 1. The molecule has 0 aromatic carbocycles. The van der Waals surface area contributed by atoms with E-state index in [0.29, 0.717) is 0 Å². The Morgan fingerprint density at radius 2 is 2.07 bits per heavy atom. The lowest BCUT2D eigenvalue weighted by Gasteiger charge is -2.14. The van der Waals surface area contributed by atoms with Gasteiger partial charge in [-0.2, -0.15) is 0 Å². The second kappa shape index (κ2) is 4.76. The molecule has 0 saturated carbocycles. The summed E-state index contributed by atoms with van der Waals surface area (Å²) in [6.07, 6.45) is -1.97. The number of amides is 1.